The van der Waals surface area contributed by atoms with E-state index in [9.17, 15) is 0 Å². The third kappa shape index (κ3) is 3.46. The first-order valence-electron chi connectivity index (χ1n) is 9.23. The van der Waals surface area contributed by atoms with E-state index in [0.717, 1.165) is 25.0 Å². The molecule has 1 saturated carbocycles. The zero-order chi connectivity index (χ0) is 14.9. The predicted octanol–water partition coefficient (Wildman–Crippen LogP) is 3.04. The Bertz CT molecular complexity index is 336. The molecular formula is C18H34N2O. The van der Waals surface area contributed by atoms with Crippen molar-refractivity contribution in [2.75, 3.05) is 26.2 Å². The summed E-state index contributed by atoms with van der Waals surface area (Å²) in [6.07, 6.45) is 8.47. The number of rotatable bonds is 5. The smallest absolute Gasteiger partial charge is 0.0702 e. The van der Waals surface area contributed by atoms with E-state index in [2.05, 4.69) is 31.0 Å². The van der Waals surface area contributed by atoms with Crippen molar-refractivity contribution >= 4 is 0 Å². The van der Waals surface area contributed by atoms with Crippen LogP contribution in [0.1, 0.15) is 59.3 Å². The minimum absolute atomic E-state index is 0.366. The Balaban J connectivity index is 1.66. The Morgan fingerprint density at radius 2 is 2.10 bits per heavy atom. The van der Waals surface area contributed by atoms with Crippen LogP contribution in [0.4, 0.5) is 0 Å². The normalized spacial score (nSPS) is 40.1. The fourth-order valence-corrected chi connectivity index (χ4v) is 4.21. The van der Waals surface area contributed by atoms with Crippen LogP contribution in [0.2, 0.25) is 0 Å². The van der Waals surface area contributed by atoms with Gasteiger partial charge in [-0.1, -0.05) is 20.3 Å². The highest BCUT2D eigenvalue weighted by molar-refractivity contribution is 5.05. The van der Waals surface area contributed by atoms with Gasteiger partial charge in [0.15, 0.2) is 0 Å². The molecule has 2 aliphatic heterocycles. The molecule has 0 spiro atoms. The Kier molecular flexibility index (Phi) is 4.92. The first kappa shape index (κ1) is 15.8. The van der Waals surface area contributed by atoms with E-state index >= 15 is 0 Å². The molecule has 122 valence electrons. The lowest BCUT2D eigenvalue weighted by Crippen LogP contribution is -2.66. The molecule has 1 N–H and O–H groups in total. The maximum atomic E-state index is 6.03. The molecule has 21 heavy (non-hydrogen) atoms. The van der Waals surface area contributed by atoms with Crippen LogP contribution in [0.25, 0.3) is 0 Å². The van der Waals surface area contributed by atoms with Gasteiger partial charge in [0.25, 0.3) is 0 Å². The van der Waals surface area contributed by atoms with Crippen molar-refractivity contribution in [3.8, 4) is 0 Å². The molecular weight excluding hydrogens is 260 g/mol. The highest BCUT2D eigenvalue weighted by Crippen LogP contribution is 2.44. The van der Waals surface area contributed by atoms with Gasteiger partial charge in [-0.2, -0.15) is 0 Å². The van der Waals surface area contributed by atoms with E-state index in [1.165, 1.54) is 51.6 Å². The van der Waals surface area contributed by atoms with Gasteiger partial charge in [0, 0.05) is 37.8 Å². The van der Waals surface area contributed by atoms with Gasteiger partial charge < -0.3 is 10.1 Å². The number of nitrogens with one attached hydrogen (secondary N) is 1. The number of ether oxygens (including phenoxy) is 1. The van der Waals surface area contributed by atoms with Gasteiger partial charge >= 0.3 is 0 Å². The summed E-state index contributed by atoms with van der Waals surface area (Å²) >= 11 is 0. The fraction of sp³-hybridized carbons (Fsp3) is 1.00. The molecule has 2 saturated heterocycles. The zero-order valence-corrected chi connectivity index (χ0v) is 14.2. The van der Waals surface area contributed by atoms with Crippen molar-refractivity contribution in [3.63, 3.8) is 0 Å². The molecule has 0 aromatic rings. The Labute approximate surface area is 130 Å². The summed E-state index contributed by atoms with van der Waals surface area (Å²) < 4.78 is 6.03. The monoisotopic (exact) mass is 294 g/mol. The van der Waals surface area contributed by atoms with Crippen LogP contribution in [-0.2, 0) is 4.74 Å². The quantitative estimate of drug-likeness (QED) is 0.843. The number of hydrogen-bond donors (Lipinski definition) is 1. The minimum atomic E-state index is 0.366. The third-order valence-corrected chi connectivity index (χ3v) is 6.35. The first-order chi connectivity index (χ1) is 10.1. The van der Waals surface area contributed by atoms with Gasteiger partial charge in [-0.15, -0.1) is 0 Å². The van der Waals surface area contributed by atoms with Gasteiger partial charge in [0.05, 0.1) is 6.10 Å². The zero-order valence-electron chi connectivity index (χ0n) is 14.2. The van der Waals surface area contributed by atoms with E-state index in [4.69, 9.17) is 4.74 Å². The summed E-state index contributed by atoms with van der Waals surface area (Å²) in [6, 6.07) is 0.658. The molecule has 0 amide bonds. The molecule has 3 fully saturated rings. The topological polar surface area (TPSA) is 24.5 Å². The van der Waals surface area contributed by atoms with Crippen molar-refractivity contribution in [1.82, 2.24) is 10.2 Å². The van der Waals surface area contributed by atoms with Crippen molar-refractivity contribution in [2.45, 2.75) is 77.0 Å². The number of hydrogen-bond acceptors (Lipinski definition) is 3. The summed E-state index contributed by atoms with van der Waals surface area (Å²) in [4.78, 5) is 2.80. The van der Waals surface area contributed by atoms with Crippen molar-refractivity contribution in [3.05, 3.63) is 0 Å². The summed E-state index contributed by atoms with van der Waals surface area (Å²) in [5, 5.41) is 3.87. The lowest BCUT2D eigenvalue weighted by Gasteiger charge is -2.51. The maximum Gasteiger partial charge on any atom is 0.0702 e. The summed E-state index contributed by atoms with van der Waals surface area (Å²) in [7, 11) is 0. The highest BCUT2D eigenvalue weighted by Gasteiger charge is 2.49. The molecule has 0 bridgehead atoms. The SMILES string of the molecule is CCC(C)C1CN(CC2CCCCO2)C(C)(C2CC2)CN1. The van der Waals surface area contributed by atoms with E-state index in [1.807, 2.05) is 0 Å². The van der Waals surface area contributed by atoms with Crippen LogP contribution in [0, 0.1) is 11.8 Å². The van der Waals surface area contributed by atoms with Crippen LogP contribution in [0.15, 0.2) is 0 Å². The van der Waals surface area contributed by atoms with Gasteiger partial charge in [0.1, 0.15) is 0 Å². The molecule has 1 aliphatic carbocycles. The predicted molar refractivity (Wildman–Crippen MR) is 87.5 cm³/mol. The molecule has 0 radical (unpaired) electrons. The molecule has 4 unspecified atom stereocenters. The standard InChI is InChI=1S/C18H34N2O/c1-4-14(2)17-12-20(11-16-7-5-6-10-21-16)18(3,13-19-17)15-8-9-15/h14-17,19H,4-13H2,1-3H3. The molecule has 2 heterocycles. The molecule has 3 nitrogen and oxygen atoms in total. The van der Waals surface area contributed by atoms with Crippen LogP contribution in [-0.4, -0.2) is 48.8 Å². The van der Waals surface area contributed by atoms with Crippen LogP contribution < -0.4 is 5.32 Å². The Morgan fingerprint density at radius 3 is 2.71 bits per heavy atom. The molecule has 3 rings (SSSR count). The largest absolute Gasteiger partial charge is 0.377 e. The van der Waals surface area contributed by atoms with E-state index in [0.29, 0.717) is 17.7 Å². The highest BCUT2D eigenvalue weighted by atomic mass is 16.5. The number of nitrogens with zero attached hydrogens (tertiary/aromatic N) is 1. The van der Waals surface area contributed by atoms with E-state index < -0.39 is 0 Å². The molecule has 4 atom stereocenters. The lowest BCUT2D eigenvalue weighted by molar-refractivity contribution is -0.0513. The lowest BCUT2D eigenvalue weighted by atomic mass is 9.85. The van der Waals surface area contributed by atoms with Gasteiger partial charge in [-0.05, 0) is 50.9 Å². The van der Waals surface area contributed by atoms with Crippen LogP contribution in [0.5, 0.6) is 0 Å². The Hall–Kier alpha value is -0.120. The fourth-order valence-electron chi connectivity index (χ4n) is 4.21. The van der Waals surface area contributed by atoms with Crippen molar-refractivity contribution in [1.29, 1.82) is 0 Å². The average Bonchev–Trinajstić information content (AvgIpc) is 3.35. The summed E-state index contributed by atoms with van der Waals surface area (Å²) in [6.45, 7) is 11.7. The third-order valence-electron chi connectivity index (χ3n) is 6.35. The molecule has 3 heteroatoms. The summed E-state index contributed by atoms with van der Waals surface area (Å²) in [5.74, 6) is 1.68. The van der Waals surface area contributed by atoms with Crippen molar-refractivity contribution in [2.24, 2.45) is 11.8 Å². The minimum Gasteiger partial charge on any atom is -0.377 e. The van der Waals surface area contributed by atoms with E-state index in [1.54, 1.807) is 0 Å². The van der Waals surface area contributed by atoms with Gasteiger partial charge in [-0.25, -0.2) is 0 Å². The molecule has 3 aliphatic rings. The van der Waals surface area contributed by atoms with Crippen LogP contribution in [0.3, 0.4) is 0 Å². The average molecular weight is 294 g/mol. The van der Waals surface area contributed by atoms with Gasteiger partial charge in [-0.3, -0.25) is 4.90 Å². The second kappa shape index (κ2) is 6.55. The van der Waals surface area contributed by atoms with Gasteiger partial charge in [0.2, 0.25) is 0 Å². The van der Waals surface area contributed by atoms with Crippen molar-refractivity contribution < 1.29 is 4.74 Å². The number of piperazine rings is 1. The Morgan fingerprint density at radius 1 is 1.29 bits per heavy atom. The maximum absolute atomic E-state index is 6.03. The molecule has 0 aromatic heterocycles. The summed E-state index contributed by atoms with van der Waals surface area (Å²) in [5.41, 5.74) is 0.366. The molecule has 0 aromatic carbocycles. The second-order valence-electron chi connectivity index (χ2n) is 7.90. The second-order valence-corrected chi connectivity index (χ2v) is 7.90. The van der Waals surface area contributed by atoms with E-state index in [-0.39, 0.29) is 0 Å². The first-order valence-corrected chi connectivity index (χ1v) is 9.23. The van der Waals surface area contributed by atoms with Crippen LogP contribution >= 0.6 is 0 Å².